The third-order valence-electron chi connectivity index (χ3n) is 5.34. The number of rotatable bonds is 7. The summed E-state index contributed by atoms with van der Waals surface area (Å²) in [5.41, 5.74) is 1.12. The minimum atomic E-state index is -0.806. The van der Waals surface area contributed by atoms with Gasteiger partial charge in [0.25, 0.3) is 0 Å². The summed E-state index contributed by atoms with van der Waals surface area (Å²) in [5.74, 6) is -0.806. The molecule has 0 saturated heterocycles. The fourth-order valence-corrected chi connectivity index (χ4v) is 3.72. The van der Waals surface area contributed by atoms with Crippen LogP contribution in [0.15, 0.2) is 42.5 Å². The Morgan fingerprint density at radius 1 is 1.15 bits per heavy atom. The van der Waals surface area contributed by atoms with Gasteiger partial charge >= 0.3 is 12.0 Å². The second-order valence-corrected chi connectivity index (χ2v) is 7.22. The van der Waals surface area contributed by atoms with E-state index in [1.165, 1.54) is 5.39 Å². The number of aliphatic carboxylic acids is 1. The van der Waals surface area contributed by atoms with Gasteiger partial charge in [0.2, 0.25) is 0 Å². The number of urea groups is 1. The summed E-state index contributed by atoms with van der Waals surface area (Å²) in [6.45, 7) is 3.28. The number of carbonyl (C=O) groups excluding carboxylic acids is 1. The second-order valence-electron chi connectivity index (χ2n) is 7.22. The van der Waals surface area contributed by atoms with Crippen LogP contribution in [0.4, 0.5) is 4.79 Å². The van der Waals surface area contributed by atoms with E-state index in [9.17, 15) is 9.59 Å². The molecule has 0 aromatic heterocycles. The first-order valence-corrected chi connectivity index (χ1v) is 9.42. The average Bonchev–Trinajstić information content (AvgIpc) is 2.62. The van der Waals surface area contributed by atoms with Gasteiger partial charge in [-0.25, -0.2) is 4.79 Å². The van der Waals surface area contributed by atoms with E-state index in [0.29, 0.717) is 13.1 Å². The van der Waals surface area contributed by atoms with Crippen LogP contribution in [-0.4, -0.2) is 59.1 Å². The van der Waals surface area contributed by atoms with Crippen molar-refractivity contribution >= 4 is 22.8 Å². The molecule has 2 aromatic carbocycles. The number of hydrogen-bond donors (Lipinski definition) is 2. The fraction of sp³-hybridized carbons (Fsp3) is 0.429. The predicted octanol–water partition coefficient (Wildman–Crippen LogP) is 2.92. The largest absolute Gasteiger partial charge is 0.480 e. The van der Waals surface area contributed by atoms with E-state index < -0.39 is 5.97 Å². The van der Waals surface area contributed by atoms with Gasteiger partial charge in [-0.3, -0.25) is 9.69 Å². The standard InChI is InChI=1S/C21H27N3O3/c1-3-24(14-20(25)26)18-11-17(12-18)22-21(27)23(2)13-16-9-6-8-15-7-4-5-10-19(15)16/h4-10,17-18H,3,11-14H2,1-2H3,(H,22,27)(H,25,26). The highest BCUT2D eigenvalue weighted by atomic mass is 16.4. The highest BCUT2D eigenvalue weighted by Gasteiger charge is 2.35. The van der Waals surface area contributed by atoms with E-state index in [0.717, 1.165) is 23.8 Å². The molecule has 2 aromatic rings. The Morgan fingerprint density at radius 3 is 2.56 bits per heavy atom. The maximum atomic E-state index is 12.5. The molecule has 0 spiro atoms. The van der Waals surface area contributed by atoms with Crippen LogP contribution < -0.4 is 5.32 Å². The van der Waals surface area contributed by atoms with Crippen LogP contribution in [0.5, 0.6) is 0 Å². The molecule has 0 heterocycles. The molecule has 3 rings (SSSR count). The molecule has 6 heteroatoms. The van der Waals surface area contributed by atoms with Crippen molar-refractivity contribution in [3.8, 4) is 0 Å². The molecule has 1 aliphatic rings. The Hall–Kier alpha value is -2.60. The lowest BCUT2D eigenvalue weighted by Crippen LogP contribution is -2.56. The smallest absolute Gasteiger partial charge is 0.317 e. The number of carboxylic acid groups (broad SMARTS) is 1. The molecule has 27 heavy (non-hydrogen) atoms. The summed E-state index contributed by atoms with van der Waals surface area (Å²) in [6.07, 6.45) is 1.60. The van der Waals surface area contributed by atoms with Gasteiger partial charge in [0, 0.05) is 25.7 Å². The van der Waals surface area contributed by atoms with Crippen LogP contribution >= 0.6 is 0 Å². The summed E-state index contributed by atoms with van der Waals surface area (Å²) in [6, 6.07) is 14.6. The van der Waals surface area contributed by atoms with Gasteiger partial charge in [0.15, 0.2) is 0 Å². The van der Waals surface area contributed by atoms with E-state index in [1.54, 1.807) is 11.9 Å². The van der Waals surface area contributed by atoms with Crippen molar-refractivity contribution in [3.63, 3.8) is 0 Å². The number of fused-ring (bicyclic) bond motifs is 1. The number of carboxylic acids is 1. The van der Waals surface area contributed by atoms with Crippen LogP contribution in [0.1, 0.15) is 25.3 Å². The Bertz CT molecular complexity index is 812. The quantitative estimate of drug-likeness (QED) is 0.787. The molecule has 1 aliphatic carbocycles. The second kappa shape index (κ2) is 8.39. The van der Waals surface area contributed by atoms with Crippen molar-refractivity contribution < 1.29 is 14.7 Å². The van der Waals surface area contributed by atoms with Crippen LogP contribution in [-0.2, 0) is 11.3 Å². The van der Waals surface area contributed by atoms with Crippen molar-refractivity contribution in [2.24, 2.45) is 0 Å². The van der Waals surface area contributed by atoms with E-state index in [1.807, 2.05) is 30.0 Å². The molecule has 1 saturated carbocycles. The summed E-state index contributed by atoms with van der Waals surface area (Å²) >= 11 is 0. The van der Waals surface area contributed by atoms with Gasteiger partial charge in [0.05, 0.1) is 6.54 Å². The lowest BCUT2D eigenvalue weighted by atomic mass is 9.85. The summed E-state index contributed by atoms with van der Waals surface area (Å²) < 4.78 is 0. The zero-order chi connectivity index (χ0) is 19.4. The molecule has 6 nitrogen and oxygen atoms in total. The van der Waals surface area contributed by atoms with E-state index in [4.69, 9.17) is 5.11 Å². The number of amides is 2. The first-order valence-electron chi connectivity index (χ1n) is 9.42. The zero-order valence-corrected chi connectivity index (χ0v) is 15.9. The Labute approximate surface area is 159 Å². The Morgan fingerprint density at radius 2 is 1.85 bits per heavy atom. The molecule has 0 radical (unpaired) electrons. The third-order valence-corrected chi connectivity index (χ3v) is 5.34. The number of carbonyl (C=O) groups is 2. The Balaban J connectivity index is 1.52. The third kappa shape index (κ3) is 4.57. The number of nitrogens with zero attached hydrogens (tertiary/aromatic N) is 2. The first-order chi connectivity index (χ1) is 13.0. The van der Waals surface area contributed by atoms with Crippen LogP contribution in [0.3, 0.4) is 0 Å². The molecule has 2 amide bonds. The monoisotopic (exact) mass is 369 g/mol. The molecule has 0 bridgehead atoms. The fourth-order valence-electron chi connectivity index (χ4n) is 3.72. The number of nitrogens with one attached hydrogen (secondary N) is 1. The van der Waals surface area contributed by atoms with Crippen LogP contribution in [0.2, 0.25) is 0 Å². The first kappa shape index (κ1) is 19.2. The average molecular weight is 369 g/mol. The molecule has 2 N–H and O–H groups in total. The summed E-state index contributed by atoms with van der Waals surface area (Å²) in [7, 11) is 1.80. The normalized spacial score (nSPS) is 18.9. The van der Waals surface area contributed by atoms with Crippen LogP contribution in [0.25, 0.3) is 10.8 Å². The molecule has 0 aliphatic heterocycles. The van der Waals surface area contributed by atoms with Crippen molar-refractivity contribution in [3.05, 3.63) is 48.0 Å². The predicted molar refractivity (Wildman–Crippen MR) is 106 cm³/mol. The molecular weight excluding hydrogens is 342 g/mol. The number of likely N-dealkylation sites (N-methyl/N-ethyl adjacent to an activating group) is 1. The lowest BCUT2D eigenvalue weighted by molar-refractivity contribution is -0.139. The highest BCUT2D eigenvalue weighted by molar-refractivity contribution is 5.86. The minimum Gasteiger partial charge on any atom is -0.480 e. The van der Waals surface area contributed by atoms with Crippen molar-refractivity contribution in [2.75, 3.05) is 20.1 Å². The van der Waals surface area contributed by atoms with Crippen LogP contribution in [0, 0.1) is 0 Å². The maximum Gasteiger partial charge on any atom is 0.317 e. The van der Waals surface area contributed by atoms with Gasteiger partial charge < -0.3 is 15.3 Å². The van der Waals surface area contributed by atoms with Gasteiger partial charge in [-0.05, 0) is 35.7 Å². The summed E-state index contributed by atoms with van der Waals surface area (Å²) in [4.78, 5) is 27.1. The topological polar surface area (TPSA) is 72.9 Å². The molecule has 0 atom stereocenters. The SMILES string of the molecule is CCN(CC(=O)O)C1CC(NC(=O)N(C)Cc2cccc3ccccc23)C1. The number of hydrogen-bond acceptors (Lipinski definition) is 3. The zero-order valence-electron chi connectivity index (χ0n) is 15.9. The molecular formula is C21H27N3O3. The number of benzene rings is 2. The maximum absolute atomic E-state index is 12.5. The summed E-state index contributed by atoms with van der Waals surface area (Å²) in [5, 5.41) is 14.4. The highest BCUT2D eigenvalue weighted by Crippen LogP contribution is 2.26. The molecule has 144 valence electrons. The van der Waals surface area contributed by atoms with Gasteiger partial charge in [-0.2, -0.15) is 0 Å². The van der Waals surface area contributed by atoms with Gasteiger partial charge in [-0.15, -0.1) is 0 Å². The van der Waals surface area contributed by atoms with Crippen molar-refractivity contribution in [1.29, 1.82) is 0 Å². The van der Waals surface area contributed by atoms with Gasteiger partial charge in [-0.1, -0.05) is 49.4 Å². The van der Waals surface area contributed by atoms with E-state index in [2.05, 4.69) is 29.6 Å². The van der Waals surface area contributed by atoms with E-state index in [-0.39, 0.29) is 24.7 Å². The lowest BCUT2D eigenvalue weighted by Gasteiger charge is -2.42. The van der Waals surface area contributed by atoms with E-state index >= 15 is 0 Å². The van der Waals surface area contributed by atoms with Gasteiger partial charge in [0.1, 0.15) is 0 Å². The van der Waals surface area contributed by atoms with Crippen molar-refractivity contribution in [1.82, 2.24) is 15.1 Å². The Kier molecular flexibility index (Phi) is 5.96. The van der Waals surface area contributed by atoms with Crippen molar-refractivity contribution in [2.45, 2.75) is 38.4 Å². The molecule has 1 fully saturated rings. The minimum absolute atomic E-state index is 0.0584. The molecule has 0 unspecified atom stereocenters.